The lowest BCUT2D eigenvalue weighted by atomic mass is 9.82. The van der Waals surface area contributed by atoms with Crippen molar-refractivity contribution in [3.05, 3.63) is 146 Å². The Hall–Kier alpha value is -3.64. The fourth-order valence-corrected chi connectivity index (χ4v) is 5.38. The topological polar surface area (TPSA) is 0 Å². The normalized spacial score (nSPS) is 10.4. The summed E-state index contributed by atoms with van der Waals surface area (Å²) in [5.41, 5.74) is 12.7. The van der Waals surface area contributed by atoms with Crippen LogP contribution in [0.4, 0.5) is 0 Å². The summed E-state index contributed by atoms with van der Waals surface area (Å²) in [6.07, 6.45) is 2.12. The molecule has 0 saturated heterocycles. The van der Waals surface area contributed by atoms with Gasteiger partial charge in [-0.2, -0.15) is 0 Å². The van der Waals surface area contributed by atoms with Crippen molar-refractivity contribution in [1.29, 1.82) is 0 Å². The monoisotopic (exact) mass is 616 g/mol. The molecule has 0 N–H and O–H groups in total. The van der Waals surface area contributed by atoms with Crippen molar-refractivity contribution in [3.63, 3.8) is 0 Å². The van der Waals surface area contributed by atoms with E-state index in [-0.39, 0.29) is 0 Å². The molecule has 0 saturated carbocycles. The van der Waals surface area contributed by atoms with Gasteiger partial charge in [-0.05, 0) is 114 Å². The highest BCUT2D eigenvalue weighted by atomic mass is 79.9. The summed E-state index contributed by atoms with van der Waals surface area (Å²) >= 11 is 7.21. The second kappa shape index (κ2) is 11.8. The van der Waals surface area contributed by atoms with Crippen molar-refractivity contribution < 1.29 is 0 Å². The Labute approximate surface area is 242 Å². The second-order valence-electron chi connectivity index (χ2n) is 9.15. The van der Waals surface area contributed by atoms with E-state index in [4.69, 9.17) is 0 Å². The van der Waals surface area contributed by atoms with Crippen LogP contribution in [0.2, 0.25) is 0 Å². The van der Waals surface area contributed by atoms with Gasteiger partial charge in [0.05, 0.1) is 3.39 Å². The van der Waals surface area contributed by atoms with Crippen molar-refractivity contribution in [2.75, 3.05) is 0 Å². The van der Waals surface area contributed by atoms with E-state index in [0.717, 1.165) is 20.1 Å². The molecule has 0 fully saturated rings. The van der Waals surface area contributed by atoms with E-state index in [9.17, 15) is 0 Å². The summed E-state index contributed by atoms with van der Waals surface area (Å²) in [6, 6.07) is 40.2. The number of rotatable bonds is 4. The van der Waals surface area contributed by atoms with Crippen LogP contribution in [0.15, 0.2) is 119 Å². The molecule has 0 atom stereocenters. The largest absolute Gasteiger partial charge is 0.0622 e. The molecule has 38 heavy (non-hydrogen) atoms. The molecule has 0 radical (unpaired) electrons. The van der Waals surface area contributed by atoms with Crippen LogP contribution >= 0.6 is 31.9 Å². The van der Waals surface area contributed by atoms with Crippen molar-refractivity contribution in [3.8, 4) is 45.2 Å². The first-order chi connectivity index (χ1) is 18.5. The van der Waals surface area contributed by atoms with Gasteiger partial charge in [-0.25, -0.2) is 0 Å². The number of hydrogen-bond donors (Lipinski definition) is 0. The molecule has 5 rings (SSSR count). The number of halogens is 2. The lowest BCUT2D eigenvalue weighted by molar-refractivity contribution is 1.34. The smallest absolute Gasteiger partial charge is 0.0610 e. The molecule has 0 aromatic heterocycles. The van der Waals surface area contributed by atoms with Crippen LogP contribution < -0.4 is 0 Å². The fourth-order valence-electron chi connectivity index (χ4n) is 4.92. The van der Waals surface area contributed by atoms with Crippen molar-refractivity contribution in [2.24, 2.45) is 0 Å². The maximum atomic E-state index is 3.60. The Morgan fingerprint density at radius 3 is 1.47 bits per heavy atom. The first kappa shape index (κ1) is 26.0. The number of hydrogen-bond acceptors (Lipinski definition) is 0. The van der Waals surface area contributed by atoms with E-state index in [1.54, 1.807) is 0 Å². The molecule has 0 bridgehead atoms. The van der Waals surface area contributed by atoms with Gasteiger partial charge in [-0.3, -0.25) is 0 Å². The van der Waals surface area contributed by atoms with E-state index >= 15 is 0 Å². The van der Waals surface area contributed by atoms with E-state index < -0.39 is 0 Å². The van der Waals surface area contributed by atoms with E-state index in [1.165, 1.54) is 44.5 Å². The minimum atomic E-state index is 0.884. The average Bonchev–Trinajstić information content (AvgIpc) is 2.96. The van der Waals surface area contributed by atoms with Crippen LogP contribution in [0.25, 0.3) is 39.5 Å². The van der Waals surface area contributed by atoms with Gasteiger partial charge < -0.3 is 0 Å². The Kier molecular flexibility index (Phi) is 8.08. The summed E-state index contributed by atoms with van der Waals surface area (Å²) in [6.45, 7) is 4.39. The molecule has 0 aliphatic rings. The van der Waals surface area contributed by atoms with E-state index in [1.807, 2.05) is 6.07 Å². The molecule has 0 spiro atoms. The van der Waals surface area contributed by atoms with Crippen LogP contribution in [-0.4, -0.2) is 0 Å². The third-order valence-corrected chi connectivity index (χ3v) is 7.21. The SMILES string of the molecule is Cc1c(C#Cc2ccc(-c3ccccc3)cc2)c(C=C(Br)Br)c(C)c(-c2ccccc2)c1-c1ccccc1. The van der Waals surface area contributed by atoms with Gasteiger partial charge in [0.1, 0.15) is 0 Å². The van der Waals surface area contributed by atoms with Gasteiger partial charge in [-0.15, -0.1) is 0 Å². The summed E-state index contributed by atoms with van der Waals surface area (Å²) in [7, 11) is 0. The van der Waals surface area contributed by atoms with Gasteiger partial charge in [0.15, 0.2) is 0 Å². The molecule has 0 nitrogen and oxygen atoms in total. The zero-order valence-corrected chi connectivity index (χ0v) is 24.5. The van der Waals surface area contributed by atoms with Crippen LogP contribution in [0.3, 0.4) is 0 Å². The van der Waals surface area contributed by atoms with Crippen LogP contribution in [-0.2, 0) is 0 Å². The van der Waals surface area contributed by atoms with Crippen LogP contribution in [0.1, 0.15) is 27.8 Å². The summed E-state index contributed by atoms with van der Waals surface area (Å²) < 4.78 is 0.884. The third kappa shape index (κ3) is 5.60. The Morgan fingerprint density at radius 1 is 0.526 bits per heavy atom. The number of benzene rings is 5. The average molecular weight is 618 g/mol. The van der Waals surface area contributed by atoms with Gasteiger partial charge in [0, 0.05) is 11.1 Å². The van der Waals surface area contributed by atoms with Gasteiger partial charge in [0.25, 0.3) is 0 Å². The molecule has 0 unspecified atom stereocenters. The molecule has 5 aromatic carbocycles. The maximum absolute atomic E-state index is 3.60. The van der Waals surface area contributed by atoms with E-state index in [2.05, 4.69) is 173 Å². The molecule has 2 heteroatoms. The molecule has 0 heterocycles. The fraction of sp³-hybridized carbons (Fsp3) is 0.0556. The second-order valence-corrected chi connectivity index (χ2v) is 11.9. The Morgan fingerprint density at radius 2 is 0.974 bits per heavy atom. The summed E-state index contributed by atoms with van der Waals surface area (Å²) in [4.78, 5) is 0. The van der Waals surface area contributed by atoms with Crippen molar-refractivity contribution in [2.45, 2.75) is 13.8 Å². The minimum absolute atomic E-state index is 0.884. The predicted octanol–water partition coefficient (Wildman–Crippen LogP) is 10.8. The van der Waals surface area contributed by atoms with Crippen molar-refractivity contribution in [1.82, 2.24) is 0 Å². The van der Waals surface area contributed by atoms with Gasteiger partial charge in [0.2, 0.25) is 0 Å². The first-order valence-corrected chi connectivity index (χ1v) is 14.1. The lowest BCUT2D eigenvalue weighted by Gasteiger charge is -2.21. The lowest BCUT2D eigenvalue weighted by Crippen LogP contribution is -2.01. The molecular weight excluding hydrogens is 592 g/mol. The standard InChI is InChI=1S/C36H26Br2/c1-25-32(23-20-27-18-21-29(22-19-27)28-12-6-3-7-13-28)33(24-34(37)38)26(2)36(31-16-10-5-11-17-31)35(25)30-14-8-4-9-15-30/h3-19,21-22,24H,1-2H3. The van der Waals surface area contributed by atoms with Gasteiger partial charge >= 0.3 is 0 Å². The Balaban J connectivity index is 1.71. The predicted molar refractivity (Wildman–Crippen MR) is 170 cm³/mol. The summed E-state index contributed by atoms with van der Waals surface area (Å²) in [5, 5.41) is 0. The zero-order chi connectivity index (χ0) is 26.5. The van der Waals surface area contributed by atoms with Gasteiger partial charge in [-0.1, -0.05) is 115 Å². The Bertz CT molecular complexity index is 1650. The highest BCUT2D eigenvalue weighted by Gasteiger charge is 2.20. The third-order valence-electron chi connectivity index (χ3n) is 6.75. The molecule has 0 aliphatic heterocycles. The van der Waals surface area contributed by atoms with E-state index in [0.29, 0.717) is 0 Å². The molecule has 0 aliphatic carbocycles. The van der Waals surface area contributed by atoms with Crippen LogP contribution in [0.5, 0.6) is 0 Å². The zero-order valence-electron chi connectivity index (χ0n) is 21.3. The highest BCUT2D eigenvalue weighted by Crippen LogP contribution is 2.42. The highest BCUT2D eigenvalue weighted by molar-refractivity contribution is 9.28. The van der Waals surface area contributed by atoms with Crippen molar-refractivity contribution >= 4 is 37.9 Å². The molecule has 5 aromatic rings. The molecule has 0 amide bonds. The minimum Gasteiger partial charge on any atom is -0.0622 e. The molecule has 184 valence electrons. The maximum Gasteiger partial charge on any atom is 0.0610 e. The quantitative estimate of drug-likeness (QED) is 0.176. The molecular formula is C36H26Br2. The summed E-state index contributed by atoms with van der Waals surface area (Å²) in [5.74, 6) is 7.01. The van der Waals surface area contributed by atoms with Crippen LogP contribution in [0, 0.1) is 25.7 Å². The first-order valence-electron chi connectivity index (χ1n) is 12.5.